The molecular weight excluding hydrogens is 202 g/mol. The van der Waals surface area contributed by atoms with E-state index >= 15 is 0 Å². The summed E-state index contributed by atoms with van der Waals surface area (Å²) in [5.74, 6) is 0.134. The van der Waals surface area contributed by atoms with E-state index in [0.29, 0.717) is 22.6 Å². The number of oxime groups is 1. The van der Waals surface area contributed by atoms with E-state index in [0.717, 1.165) is 12.0 Å². The molecule has 0 saturated carbocycles. The van der Waals surface area contributed by atoms with E-state index in [1.54, 1.807) is 12.1 Å². The van der Waals surface area contributed by atoms with Crippen LogP contribution in [0, 0.1) is 0 Å². The maximum atomic E-state index is 11.3. The summed E-state index contributed by atoms with van der Waals surface area (Å²) in [6.07, 6.45) is 2.56. The molecule has 2 rings (SSSR count). The fourth-order valence-electron chi connectivity index (χ4n) is 1.65. The Morgan fingerprint density at radius 2 is 2.21 bits per heavy atom. The van der Waals surface area contributed by atoms with Gasteiger partial charge in [0, 0.05) is 17.5 Å². The molecule has 1 N–H and O–H groups in total. The Balaban J connectivity index is 2.55. The van der Waals surface area contributed by atoms with E-state index in [-0.39, 0.29) is 5.78 Å². The number of carbonyl (C=O) groups is 1. The number of nitrogens with zero attached hydrogens (tertiary/aromatic N) is 1. The first kappa shape index (κ1) is 9.21. The topological polar surface area (TPSA) is 49.7 Å². The molecule has 1 aliphatic carbocycles. The van der Waals surface area contributed by atoms with Crippen LogP contribution in [0.4, 0.5) is 0 Å². The van der Waals surface area contributed by atoms with Crippen LogP contribution in [0.5, 0.6) is 0 Å². The number of carbonyl (C=O) groups excluding carboxylic acids is 1. The van der Waals surface area contributed by atoms with Gasteiger partial charge in [-0.15, -0.1) is 0 Å². The molecule has 0 spiro atoms. The lowest BCUT2D eigenvalue weighted by Gasteiger charge is -2.01. The molecule has 0 unspecified atom stereocenters. The van der Waals surface area contributed by atoms with E-state index < -0.39 is 0 Å². The number of ketones is 1. The average molecular weight is 210 g/mol. The molecule has 3 nitrogen and oxygen atoms in total. The molecule has 0 fully saturated rings. The van der Waals surface area contributed by atoms with Crippen molar-refractivity contribution in [3.8, 4) is 0 Å². The van der Waals surface area contributed by atoms with Gasteiger partial charge in [0.25, 0.3) is 0 Å². The number of rotatable bonds is 1. The Morgan fingerprint density at radius 3 is 2.93 bits per heavy atom. The number of halogens is 1. The third-order valence-electron chi connectivity index (χ3n) is 2.34. The van der Waals surface area contributed by atoms with Crippen molar-refractivity contribution < 1.29 is 10.0 Å². The SMILES string of the molecule is O=C1CCc2cc(/C=N/O)c(Cl)cc21. The van der Waals surface area contributed by atoms with Crippen LogP contribution in [0.25, 0.3) is 0 Å². The molecule has 0 radical (unpaired) electrons. The molecule has 0 bridgehead atoms. The predicted molar refractivity (Wildman–Crippen MR) is 53.5 cm³/mol. The van der Waals surface area contributed by atoms with Gasteiger partial charge >= 0.3 is 0 Å². The molecule has 0 heterocycles. The van der Waals surface area contributed by atoms with E-state index in [4.69, 9.17) is 16.8 Å². The van der Waals surface area contributed by atoms with Crippen LogP contribution in [0.3, 0.4) is 0 Å². The summed E-state index contributed by atoms with van der Waals surface area (Å²) in [5.41, 5.74) is 2.32. The molecule has 4 heteroatoms. The summed E-state index contributed by atoms with van der Waals surface area (Å²) < 4.78 is 0. The Hall–Kier alpha value is -1.35. The molecule has 0 amide bonds. The van der Waals surface area contributed by atoms with Gasteiger partial charge in [-0.1, -0.05) is 16.8 Å². The lowest BCUT2D eigenvalue weighted by atomic mass is 10.1. The molecule has 1 aromatic carbocycles. The maximum absolute atomic E-state index is 11.3. The van der Waals surface area contributed by atoms with Crippen molar-refractivity contribution in [3.63, 3.8) is 0 Å². The van der Waals surface area contributed by atoms with Crippen molar-refractivity contribution in [3.05, 3.63) is 33.8 Å². The van der Waals surface area contributed by atoms with Gasteiger partial charge < -0.3 is 5.21 Å². The van der Waals surface area contributed by atoms with Crippen LogP contribution in [-0.4, -0.2) is 17.2 Å². The summed E-state index contributed by atoms with van der Waals surface area (Å²) in [6.45, 7) is 0. The van der Waals surface area contributed by atoms with Gasteiger partial charge in [-0.25, -0.2) is 0 Å². The zero-order chi connectivity index (χ0) is 10.1. The van der Waals surface area contributed by atoms with Gasteiger partial charge in [-0.3, -0.25) is 4.79 Å². The van der Waals surface area contributed by atoms with Crippen molar-refractivity contribution >= 4 is 23.6 Å². The van der Waals surface area contributed by atoms with Crippen molar-refractivity contribution in [1.29, 1.82) is 0 Å². The Kier molecular flexibility index (Phi) is 2.25. The van der Waals surface area contributed by atoms with Crippen LogP contribution >= 0.6 is 11.6 Å². The Morgan fingerprint density at radius 1 is 1.43 bits per heavy atom. The van der Waals surface area contributed by atoms with Crippen molar-refractivity contribution in [2.75, 3.05) is 0 Å². The van der Waals surface area contributed by atoms with E-state index in [1.807, 2.05) is 0 Å². The van der Waals surface area contributed by atoms with Gasteiger partial charge in [0.1, 0.15) is 0 Å². The molecule has 0 aliphatic heterocycles. The smallest absolute Gasteiger partial charge is 0.163 e. The van der Waals surface area contributed by atoms with Crippen LogP contribution in [-0.2, 0) is 6.42 Å². The molecule has 72 valence electrons. The highest BCUT2D eigenvalue weighted by atomic mass is 35.5. The Labute approximate surface area is 86.0 Å². The second-order valence-corrected chi connectivity index (χ2v) is 3.61. The van der Waals surface area contributed by atoms with Crippen molar-refractivity contribution in [2.45, 2.75) is 12.8 Å². The molecule has 0 saturated heterocycles. The normalized spacial score (nSPS) is 15.1. The first-order valence-corrected chi connectivity index (χ1v) is 4.63. The largest absolute Gasteiger partial charge is 0.411 e. The van der Waals surface area contributed by atoms with Crippen LogP contribution < -0.4 is 0 Å². The second kappa shape index (κ2) is 3.42. The minimum Gasteiger partial charge on any atom is -0.411 e. The fourth-order valence-corrected chi connectivity index (χ4v) is 1.86. The Bertz CT molecular complexity index is 426. The molecular formula is C10H8ClNO2. The highest BCUT2D eigenvalue weighted by Crippen LogP contribution is 2.27. The van der Waals surface area contributed by atoms with Gasteiger partial charge in [-0.05, 0) is 24.1 Å². The number of Topliss-reactive ketones (excluding diaryl/α,β-unsaturated/α-hetero) is 1. The first-order chi connectivity index (χ1) is 6.72. The monoisotopic (exact) mass is 209 g/mol. The maximum Gasteiger partial charge on any atom is 0.163 e. The van der Waals surface area contributed by atoms with Crippen molar-refractivity contribution in [1.82, 2.24) is 0 Å². The number of aryl methyl sites for hydroxylation is 1. The van der Waals surface area contributed by atoms with Crippen LogP contribution in [0.2, 0.25) is 5.02 Å². The average Bonchev–Trinajstić information content (AvgIpc) is 2.50. The molecule has 1 aromatic rings. The minimum absolute atomic E-state index is 0.134. The number of hydrogen-bond donors (Lipinski definition) is 1. The summed E-state index contributed by atoms with van der Waals surface area (Å²) >= 11 is 5.90. The van der Waals surface area contributed by atoms with Crippen LogP contribution in [0.1, 0.15) is 27.9 Å². The molecule has 14 heavy (non-hydrogen) atoms. The summed E-state index contributed by atoms with van der Waals surface area (Å²) in [6, 6.07) is 3.44. The van der Waals surface area contributed by atoms with Crippen molar-refractivity contribution in [2.24, 2.45) is 5.16 Å². The third-order valence-corrected chi connectivity index (χ3v) is 2.67. The lowest BCUT2D eigenvalue weighted by molar-refractivity contribution is 0.0994. The van der Waals surface area contributed by atoms with E-state index in [2.05, 4.69) is 5.16 Å². The second-order valence-electron chi connectivity index (χ2n) is 3.20. The third kappa shape index (κ3) is 1.40. The van der Waals surface area contributed by atoms with Crippen LogP contribution in [0.15, 0.2) is 17.3 Å². The minimum atomic E-state index is 0.134. The summed E-state index contributed by atoms with van der Waals surface area (Å²) in [5, 5.41) is 11.7. The fraction of sp³-hybridized carbons (Fsp3) is 0.200. The summed E-state index contributed by atoms with van der Waals surface area (Å²) in [7, 11) is 0. The van der Waals surface area contributed by atoms with Gasteiger partial charge in [-0.2, -0.15) is 0 Å². The van der Waals surface area contributed by atoms with Gasteiger partial charge in [0.2, 0.25) is 0 Å². The number of benzene rings is 1. The zero-order valence-electron chi connectivity index (χ0n) is 7.33. The van der Waals surface area contributed by atoms with E-state index in [9.17, 15) is 4.79 Å². The predicted octanol–water partition coefficient (Wildman–Crippen LogP) is 2.28. The quantitative estimate of drug-likeness (QED) is 0.438. The summed E-state index contributed by atoms with van der Waals surface area (Å²) in [4.78, 5) is 11.3. The standard InChI is InChI=1S/C10H8ClNO2/c11-9-4-8-6(1-2-10(8)13)3-7(9)5-12-14/h3-5,14H,1-2H2/b12-5+. The number of hydrogen-bond acceptors (Lipinski definition) is 3. The number of fused-ring (bicyclic) bond motifs is 1. The van der Waals surface area contributed by atoms with Gasteiger partial charge in [0.15, 0.2) is 5.78 Å². The lowest BCUT2D eigenvalue weighted by Crippen LogP contribution is -1.93. The molecule has 1 aliphatic rings. The highest BCUT2D eigenvalue weighted by molar-refractivity contribution is 6.33. The van der Waals surface area contributed by atoms with Gasteiger partial charge in [0.05, 0.1) is 11.2 Å². The van der Waals surface area contributed by atoms with E-state index in [1.165, 1.54) is 6.21 Å². The first-order valence-electron chi connectivity index (χ1n) is 4.25. The molecule has 0 aromatic heterocycles. The zero-order valence-corrected chi connectivity index (χ0v) is 8.08. The molecule has 0 atom stereocenters. The highest BCUT2D eigenvalue weighted by Gasteiger charge is 2.20.